The van der Waals surface area contributed by atoms with E-state index in [0.717, 1.165) is 17.8 Å². The molecule has 20 heavy (non-hydrogen) atoms. The predicted octanol–water partition coefficient (Wildman–Crippen LogP) is 2.85. The maximum absolute atomic E-state index is 12.9. The number of carbonyl (C=O) groups is 1. The van der Waals surface area contributed by atoms with Crippen LogP contribution in [0.15, 0.2) is 30.5 Å². The van der Waals surface area contributed by atoms with Gasteiger partial charge in [-0.15, -0.1) is 0 Å². The third-order valence-corrected chi connectivity index (χ3v) is 3.32. The largest absolute Gasteiger partial charge is 0.349 e. The smallest absolute Gasteiger partial charge is 0.254 e. The molecule has 0 aliphatic carbocycles. The van der Waals surface area contributed by atoms with Crippen molar-refractivity contribution >= 4 is 5.91 Å². The number of hydrogen-bond acceptors (Lipinski definition) is 2. The summed E-state index contributed by atoms with van der Waals surface area (Å²) < 4.78 is 14.6. The summed E-state index contributed by atoms with van der Waals surface area (Å²) >= 11 is 0. The van der Waals surface area contributed by atoms with Crippen molar-refractivity contribution in [3.05, 3.63) is 47.5 Å². The van der Waals surface area contributed by atoms with Crippen molar-refractivity contribution in [2.24, 2.45) is 0 Å². The molecule has 4 nitrogen and oxygen atoms in total. The quantitative estimate of drug-likeness (QED) is 0.932. The van der Waals surface area contributed by atoms with Gasteiger partial charge in [0.1, 0.15) is 5.82 Å². The number of hydrogen-bond donors (Lipinski definition) is 1. The molecule has 1 aromatic carbocycles. The first kappa shape index (κ1) is 14.2. The number of rotatable bonds is 4. The summed E-state index contributed by atoms with van der Waals surface area (Å²) in [6.45, 7) is 5.79. The van der Waals surface area contributed by atoms with E-state index in [1.54, 1.807) is 16.8 Å². The highest BCUT2D eigenvalue weighted by atomic mass is 19.1. The molecule has 0 aliphatic heterocycles. The SMILES string of the molecule is CCC(C)NC(=O)c1cnn(-c2ccc(F)cc2)c1C. The molecule has 2 rings (SSSR count). The Labute approximate surface area is 117 Å². The minimum atomic E-state index is -0.298. The van der Waals surface area contributed by atoms with E-state index in [-0.39, 0.29) is 17.8 Å². The molecule has 0 spiro atoms. The number of amides is 1. The topological polar surface area (TPSA) is 46.9 Å². The van der Waals surface area contributed by atoms with E-state index in [9.17, 15) is 9.18 Å². The number of nitrogens with one attached hydrogen (secondary N) is 1. The molecular formula is C15H18FN3O. The summed E-state index contributed by atoms with van der Waals surface area (Å²) in [5, 5.41) is 7.11. The first-order chi connectivity index (χ1) is 9.52. The van der Waals surface area contributed by atoms with E-state index in [1.807, 2.05) is 20.8 Å². The summed E-state index contributed by atoms with van der Waals surface area (Å²) in [5.41, 5.74) is 2.00. The van der Waals surface area contributed by atoms with E-state index in [0.29, 0.717) is 5.56 Å². The molecule has 1 atom stereocenters. The molecule has 2 aromatic rings. The summed E-state index contributed by atoms with van der Waals surface area (Å²) in [4.78, 5) is 12.1. The zero-order valence-electron chi connectivity index (χ0n) is 11.9. The average Bonchev–Trinajstić information content (AvgIpc) is 2.81. The molecule has 0 saturated carbocycles. The van der Waals surface area contributed by atoms with E-state index in [4.69, 9.17) is 0 Å². The highest BCUT2D eigenvalue weighted by molar-refractivity contribution is 5.95. The molecule has 1 N–H and O–H groups in total. The van der Waals surface area contributed by atoms with Crippen LogP contribution in [0.1, 0.15) is 36.3 Å². The Balaban J connectivity index is 2.27. The summed E-state index contributed by atoms with van der Waals surface area (Å²) in [6.07, 6.45) is 2.41. The lowest BCUT2D eigenvalue weighted by atomic mass is 10.2. The van der Waals surface area contributed by atoms with Gasteiger partial charge in [-0.25, -0.2) is 9.07 Å². The summed E-state index contributed by atoms with van der Waals surface area (Å²) in [6, 6.07) is 6.12. The molecule has 1 amide bonds. The minimum Gasteiger partial charge on any atom is -0.349 e. The van der Waals surface area contributed by atoms with Crippen LogP contribution in [-0.2, 0) is 0 Å². The van der Waals surface area contributed by atoms with Crippen LogP contribution < -0.4 is 5.32 Å². The lowest BCUT2D eigenvalue weighted by molar-refractivity contribution is 0.0938. The van der Waals surface area contributed by atoms with Crippen LogP contribution in [0.4, 0.5) is 4.39 Å². The lowest BCUT2D eigenvalue weighted by Crippen LogP contribution is -2.32. The molecule has 0 saturated heterocycles. The van der Waals surface area contributed by atoms with Gasteiger partial charge in [-0.05, 0) is 44.5 Å². The molecule has 5 heteroatoms. The number of benzene rings is 1. The Morgan fingerprint density at radius 2 is 2.05 bits per heavy atom. The first-order valence-electron chi connectivity index (χ1n) is 6.64. The Morgan fingerprint density at radius 1 is 1.40 bits per heavy atom. The van der Waals surface area contributed by atoms with Crippen molar-refractivity contribution < 1.29 is 9.18 Å². The number of nitrogens with zero attached hydrogens (tertiary/aromatic N) is 2. The Morgan fingerprint density at radius 3 is 2.65 bits per heavy atom. The number of carbonyl (C=O) groups excluding carboxylic acids is 1. The van der Waals surface area contributed by atoms with Gasteiger partial charge in [0.05, 0.1) is 23.1 Å². The van der Waals surface area contributed by atoms with Crippen molar-refractivity contribution in [3.63, 3.8) is 0 Å². The molecule has 0 aliphatic rings. The van der Waals surface area contributed by atoms with Crippen LogP contribution in [0.5, 0.6) is 0 Å². The Kier molecular flexibility index (Phi) is 4.17. The van der Waals surface area contributed by atoms with Gasteiger partial charge in [-0.2, -0.15) is 5.10 Å². The van der Waals surface area contributed by atoms with E-state index >= 15 is 0 Å². The summed E-state index contributed by atoms with van der Waals surface area (Å²) in [5.74, 6) is -0.432. The fraction of sp³-hybridized carbons (Fsp3) is 0.333. The Bertz CT molecular complexity index is 604. The third kappa shape index (κ3) is 2.87. The molecule has 106 valence electrons. The highest BCUT2D eigenvalue weighted by Crippen LogP contribution is 2.15. The van der Waals surface area contributed by atoms with Gasteiger partial charge < -0.3 is 5.32 Å². The second kappa shape index (κ2) is 5.86. The van der Waals surface area contributed by atoms with Crippen LogP contribution in [0, 0.1) is 12.7 Å². The Hall–Kier alpha value is -2.17. The van der Waals surface area contributed by atoms with Gasteiger partial charge in [0.15, 0.2) is 0 Å². The zero-order valence-corrected chi connectivity index (χ0v) is 11.9. The molecule has 0 bridgehead atoms. The van der Waals surface area contributed by atoms with Crippen LogP contribution in [-0.4, -0.2) is 21.7 Å². The third-order valence-electron chi connectivity index (χ3n) is 3.32. The molecule has 0 radical (unpaired) electrons. The van der Waals surface area contributed by atoms with E-state index in [2.05, 4.69) is 10.4 Å². The second-order valence-electron chi connectivity index (χ2n) is 4.81. The molecule has 1 unspecified atom stereocenters. The van der Waals surface area contributed by atoms with Crippen molar-refractivity contribution in [3.8, 4) is 5.69 Å². The van der Waals surface area contributed by atoms with Crippen LogP contribution in [0.2, 0.25) is 0 Å². The minimum absolute atomic E-state index is 0.121. The molecule has 1 aromatic heterocycles. The van der Waals surface area contributed by atoms with Crippen LogP contribution >= 0.6 is 0 Å². The van der Waals surface area contributed by atoms with E-state index in [1.165, 1.54) is 18.3 Å². The maximum Gasteiger partial charge on any atom is 0.254 e. The van der Waals surface area contributed by atoms with Gasteiger partial charge in [-0.1, -0.05) is 6.92 Å². The van der Waals surface area contributed by atoms with Gasteiger partial charge in [0.2, 0.25) is 0 Å². The maximum atomic E-state index is 12.9. The molecule has 1 heterocycles. The van der Waals surface area contributed by atoms with Crippen LogP contribution in [0.25, 0.3) is 5.69 Å². The normalized spacial score (nSPS) is 12.2. The molecular weight excluding hydrogens is 257 g/mol. The van der Waals surface area contributed by atoms with Crippen LogP contribution in [0.3, 0.4) is 0 Å². The zero-order chi connectivity index (χ0) is 14.7. The number of halogens is 1. The fourth-order valence-electron chi connectivity index (χ4n) is 1.88. The van der Waals surface area contributed by atoms with E-state index < -0.39 is 0 Å². The van der Waals surface area contributed by atoms with Gasteiger partial charge in [-0.3, -0.25) is 4.79 Å². The number of aromatic nitrogens is 2. The monoisotopic (exact) mass is 275 g/mol. The lowest BCUT2D eigenvalue weighted by Gasteiger charge is -2.11. The predicted molar refractivity (Wildman–Crippen MR) is 75.5 cm³/mol. The van der Waals surface area contributed by atoms with Crippen molar-refractivity contribution in [2.75, 3.05) is 0 Å². The van der Waals surface area contributed by atoms with Gasteiger partial charge in [0.25, 0.3) is 5.91 Å². The van der Waals surface area contributed by atoms with Gasteiger partial charge >= 0.3 is 0 Å². The first-order valence-corrected chi connectivity index (χ1v) is 6.64. The summed E-state index contributed by atoms with van der Waals surface area (Å²) in [7, 11) is 0. The molecule has 0 fully saturated rings. The standard InChI is InChI=1S/C15H18FN3O/c1-4-10(2)18-15(20)14-9-17-19(11(14)3)13-7-5-12(16)6-8-13/h5-10H,4H2,1-3H3,(H,18,20). The fourth-order valence-corrected chi connectivity index (χ4v) is 1.88. The second-order valence-corrected chi connectivity index (χ2v) is 4.81. The van der Waals surface area contributed by atoms with Crippen molar-refractivity contribution in [2.45, 2.75) is 33.2 Å². The van der Waals surface area contributed by atoms with Gasteiger partial charge in [0, 0.05) is 6.04 Å². The highest BCUT2D eigenvalue weighted by Gasteiger charge is 2.16. The average molecular weight is 275 g/mol. The van der Waals surface area contributed by atoms with Crippen molar-refractivity contribution in [1.82, 2.24) is 15.1 Å². The van der Waals surface area contributed by atoms with Crippen molar-refractivity contribution in [1.29, 1.82) is 0 Å².